The van der Waals surface area contributed by atoms with Crippen molar-refractivity contribution in [3.8, 4) is 11.8 Å². The number of benzene rings is 1. The minimum atomic E-state index is -4.79. The number of ether oxygens (including phenoxy) is 1. The monoisotopic (exact) mass is 540 g/mol. The van der Waals surface area contributed by atoms with E-state index in [-0.39, 0.29) is 0 Å². The second-order valence-corrected chi connectivity index (χ2v) is 9.54. The summed E-state index contributed by atoms with van der Waals surface area (Å²) in [5, 5.41) is 14.0. The first-order chi connectivity index (χ1) is 14.2. The molecule has 1 amide bonds. The quantitative estimate of drug-likeness (QED) is 0.417. The van der Waals surface area contributed by atoms with Crippen molar-refractivity contribution in [2.24, 2.45) is 0 Å². The van der Waals surface area contributed by atoms with Crippen LogP contribution in [0.25, 0.3) is 5.69 Å². The number of anilines is 1. The normalized spacial score (nSPS) is 13.0. The number of hydrogen-bond acceptors (Lipinski definition) is 5. The van der Waals surface area contributed by atoms with Crippen LogP contribution in [0.4, 0.5) is 23.4 Å². The van der Waals surface area contributed by atoms with E-state index in [1.54, 1.807) is 0 Å². The van der Waals surface area contributed by atoms with Crippen LogP contribution >= 0.6 is 46.4 Å². The van der Waals surface area contributed by atoms with Gasteiger partial charge in [-0.25, -0.2) is 8.89 Å². The van der Waals surface area contributed by atoms with Gasteiger partial charge in [0, 0.05) is 7.11 Å². The molecule has 0 aliphatic rings. The molecule has 0 aliphatic heterocycles. The number of carbonyl (C=O) groups is 1. The van der Waals surface area contributed by atoms with E-state index in [1.807, 2.05) is 0 Å². The zero-order chi connectivity index (χ0) is 23.7. The molecule has 168 valence electrons. The van der Waals surface area contributed by atoms with Crippen molar-refractivity contribution in [1.29, 1.82) is 5.26 Å². The fourth-order valence-corrected chi connectivity index (χ4v) is 4.19. The molecule has 2 aromatic rings. The SMILES string of the molecule is COCC(=O)Nc1c(S(=O)C(F)(Cl)Cl)c(C#N)nn1-c1c(Cl)cc(C(F)(F)F)cc1Cl. The van der Waals surface area contributed by atoms with Crippen molar-refractivity contribution >= 4 is 68.9 Å². The molecule has 1 N–H and O–H groups in total. The van der Waals surface area contributed by atoms with Gasteiger partial charge in [-0.2, -0.15) is 27.9 Å². The van der Waals surface area contributed by atoms with E-state index in [1.165, 1.54) is 13.2 Å². The van der Waals surface area contributed by atoms with Crippen LogP contribution in [0.2, 0.25) is 10.0 Å². The van der Waals surface area contributed by atoms with Crippen molar-refractivity contribution in [3.05, 3.63) is 33.4 Å². The van der Waals surface area contributed by atoms with E-state index in [2.05, 4.69) is 15.2 Å². The van der Waals surface area contributed by atoms with Gasteiger partial charge in [0.2, 0.25) is 0 Å². The molecule has 1 heterocycles. The van der Waals surface area contributed by atoms with Gasteiger partial charge in [0.15, 0.2) is 11.5 Å². The summed E-state index contributed by atoms with van der Waals surface area (Å²) in [6.07, 6.45) is -4.79. The number of aromatic nitrogens is 2. The maximum atomic E-state index is 14.0. The van der Waals surface area contributed by atoms with Crippen LogP contribution in [0.3, 0.4) is 0 Å². The third kappa shape index (κ3) is 5.60. The van der Waals surface area contributed by atoms with Crippen LogP contribution in [0.1, 0.15) is 11.3 Å². The summed E-state index contributed by atoms with van der Waals surface area (Å²) in [4.78, 5) is 11.3. The fourth-order valence-electron chi connectivity index (χ4n) is 2.27. The molecule has 0 radical (unpaired) electrons. The molecule has 1 atom stereocenters. The third-order valence-electron chi connectivity index (χ3n) is 3.43. The van der Waals surface area contributed by atoms with Crippen LogP contribution in [-0.2, 0) is 26.5 Å². The van der Waals surface area contributed by atoms with Crippen LogP contribution in [-0.4, -0.2) is 37.5 Å². The standard InChI is InChI=1S/C15H8Cl4F4N4O3S/c1-30-5-10(28)25-13-12(31(29)15(18,19)23)9(4-24)26-27(13)11-7(16)2-6(3-8(11)17)14(20,21)22/h2-3H,5H2,1H3,(H,25,28). The average Bonchev–Trinajstić information content (AvgIpc) is 2.96. The molecule has 0 fully saturated rings. The van der Waals surface area contributed by atoms with Crippen LogP contribution in [0.5, 0.6) is 0 Å². The van der Waals surface area contributed by atoms with Gasteiger partial charge in [0.05, 0.1) is 15.6 Å². The van der Waals surface area contributed by atoms with E-state index in [0.29, 0.717) is 16.8 Å². The van der Waals surface area contributed by atoms with E-state index in [4.69, 9.17) is 46.4 Å². The van der Waals surface area contributed by atoms with Crippen molar-refractivity contribution in [2.75, 3.05) is 19.0 Å². The Bertz CT molecular complexity index is 1070. The minimum absolute atomic E-state index is 0.433. The van der Waals surface area contributed by atoms with Gasteiger partial charge in [0.25, 0.3) is 5.91 Å². The highest BCUT2D eigenvalue weighted by atomic mass is 35.5. The molecule has 1 aromatic carbocycles. The first kappa shape index (κ1) is 25.6. The minimum Gasteiger partial charge on any atom is -0.375 e. The number of rotatable bonds is 6. The van der Waals surface area contributed by atoms with Gasteiger partial charge in [-0.15, -0.1) is 0 Å². The number of alkyl halides is 6. The number of halogens is 8. The van der Waals surface area contributed by atoms with Crippen molar-refractivity contribution in [3.63, 3.8) is 0 Å². The van der Waals surface area contributed by atoms with Crippen LogP contribution in [0.15, 0.2) is 17.0 Å². The smallest absolute Gasteiger partial charge is 0.375 e. The van der Waals surface area contributed by atoms with Crippen LogP contribution < -0.4 is 5.32 Å². The number of nitrogens with one attached hydrogen (secondary N) is 1. The molecule has 0 aliphatic carbocycles. The molecule has 2 rings (SSSR count). The molecule has 1 unspecified atom stereocenters. The Morgan fingerprint density at radius 2 is 1.84 bits per heavy atom. The maximum absolute atomic E-state index is 14.0. The zero-order valence-electron chi connectivity index (χ0n) is 14.9. The summed E-state index contributed by atoms with van der Waals surface area (Å²) in [6, 6.07) is 2.52. The molecule has 0 spiro atoms. The third-order valence-corrected chi connectivity index (χ3v) is 6.03. The predicted octanol–water partition coefficient (Wildman–Crippen LogP) is 4.82. The number of nitrogens with zero attached hydrogens (tertiary/aromatic N) is 3. The predicted molar refractivity (Wildman–Crippen MR) is 106 cm³/mol. The highest BCUT2D eigenvalue weighted by Crippen LogP contribution is 2.42. The molecular weight excluding hydrogens is 534 g/mol. The molecule has 0 saturated heterocycles. The lowest BCUT2D eigenvalue weighted by Crippen LogP contribution is -2.22. The Labute approximate surface area is 194 Å². The topological polar surface area (TPSA) is 97.0 Å². The summed E-state index contributed by atoms with van der Waals surface area (Å²) in [5.74, 6) is -1.51. The number of methoxy groups -OCH3 is 1. The van der Waals surface area contributed by atoms with Gasteiger partial charge in [-0.1, -0.05) is 46.4 Å². The Kier molecular flexibility index (Phi) is 7.84. The summed E-state index contributed by atoms with van der Waals surface area (Å²) in [6.45, 7) is -0.546. The zero-order valence-corrected chi connectivity index (χ0v) is 18.7. The molecule has 0 saturated carbocycles. The summed E-state index contributed by atoms with van der Waals surface area (Å²) < 4.78 is 67.3. The highest BCUT2D eigenvalue weighted by molar-refractivity contribution is 7.89. The highest BCUT2D eigenvalue weighted by Gasteiger charge is 2.40. The first-order valence-corrected chi connectivity index (χ1v) is 10.3. The van der Waals surface area contributed by atoms with Crippen molar-refractivity contribution in [2.45, 2.75) is 15.0 Å². The first-order valence-electron chi connectivity index (χ1n) is 7.59. The second-order valence-electron chi connectivity index (χ2n) is 5.53. The van der Waals surface area contributed by atoms with E-state index < -0.39 is 71.1 Å². The number of hydrogen-bond donors (Lipinski definition) is 1. The summed E-state index contributed by atoms with van der Waals surface area (Å²) >= 11 is 22.4. The van der Waals surface area contributed by atoms with Gasteiger partial charge in [-0.05, 0) is 12.1 Å². The van der Waals surface area contributed by atoms with E-state index in [9.17, 15) is 31.8 Å². The lowest BCUT2D eigenvalue weighted by molar-refractivity contribution is -0.137. The Morgan fingerprint density at radius 3 is 2.26 bits per heavy atom. The maximum Gasteiger partial charge on any atom is 0.416 e. The largest absolute Gasteiger partial charge is 0.416 e. The fraction of sp³-hybridized carbons (Fsp3) is 0.267. The number of nitriles is 1. The molecule has 7 nitrogen and oxygen atoms in total. The molecular formula is C15H8Cl4F4N4O3S. The molecule has 16 heteroatoms. The van der Waals surface area contributed by atoms with Gasteiger partial charge >= 0.3 is 10.1 Å². The summed E-state index contributed by atoms with van der Waals surface area (Å²) in [7, 11) is -1.82. The number of amides is 1. The lowest BCUT2D eigenvalue weighted by Gasteiger charge is -2.16. The Balaban J connectivity index is 2.85. The number of carbonyl (C=O) groups excluding carboxylic acids is 1. The van der Waals surface area contributed by atoms with Gasteiger partial charge in [0.1, 0.15) is 34.1 Å². The van der Waals surface area contributed by atoms with Crippen LogP contribution in [0, 0.1) is 11.3 Å². The lowest BCUT2D eigenvalue weighted by atomic mass is 10.2. The van der Waals surface area contributed by atoms with Crippen molar-refractivity contribution < 1.29 is 31.3 Å². The average molecular weight is 542 g/mol. The second kappa shape index (κ2) is 9.48. The van der Waals surface area contributed by atoms with Gasteiger partial charge < -0.3 is 10.1 Å². The molecule has 31 heavy (non-hydrogen) atoms. The molecule has 0 bridgehead atoms. The van der Waals surface area contributed by atoms with Gasteiger partial charge in [-0.3, -0.25) is 4.79 Å². The molecule has 1 aromatic heterocycles. The summed E-state index contributed by atoms with van der Waals surface area (Å²) in [5.41, 5.74) is -2.35. The Morgan fingerprint density at radius 1 is 1.29 bits per heavy atom. The Hall–Kier alpha value is -1.62. The van der Waals surface area contributed by atoms with Crippen molar-refractivity contribution in [1.82, 2.24) is 9.78 Å². The van der Waals surface area contributed by atoms with E-state index >= 15 is 0 Å². The van der Waals surface area contributed by atoms with E-state index in [0.717, 1.165) is 0 Å².